The summed E-state index contributed by atoms with van der Waals surface area (Å²) in [4.78, 5) is 11.6. The number of carbonyl (C=O) groups excluding carboxylic acids is 1. The Kier molecular flexibility index (Phi) is 7.22. The summed E-state index contributed by atoms with van der Waals surface area (Å²) < 4.78 is 29.3. The van der Waals surface area contributed by atoms with Crippen molar-refractivity contribution in [3.63, 3.8) is 0 Å². The number of carbonyl (C=O) groups is 1. The maximum absolute atomic E-state index is 11.6. The van der Waals surface area contributed by atoms with Gasteiger partial charge in [0.25, 0.3) is 0 Å². The molecule has 3 atom stereocenters. The van der Waals surface area contributed by atoms with Gasteiger partial charge in [-0.05, 0) is 55.5 Å². The number of ether oxygens (including phenoxy) is 5. The van der Waals surface area contributed by atoms with Gasteiger partial charge in [0.05, 0.1) is 13.2 Å². The first kappa shape index (κ1) is 21.4. The third-order valence-electron chi connectivity index (χ3n) is 5.25. The standard InChI is InChI=1S/C25H28O6/c1-2-27-23(26)14-12-18-11-13-20-21(16-18)30-22(17-29-24-10-6-7-15-28-24)25(31-20)19-8-4-3-5-9-19/h3-5,8-9,11-14,16,22,24-25H,2,6-7,10,15,17H2,1H3/b14-12+/t22-,24?,25-/m0/s1. The van der Waals surface area contributed by atoms with Crippen molar-refractivity contribution < 1.29 is 28.5 Å². The predicted octanol–water partition coefficient (Wildman–Crippen LogP) is 4.69. The number of fused-ring (bicyclic) bond motifs is 1. The van der Waals surface area contributed by atoms with Crippen LogP contribution < -0.4 is 9.47 Å². The smallest absolute Gasteiger partial charge is 0.330 e. The fourth-order valence-corrected chi connectivity index (χ4v) is 3.70. The van der Waals surface area contributed by atoms with Crippen molar-refractivity contribution in [2.45, 2.75) is 44.7 Å². The van der Waals surface area contributed by atoms with E-state index in [0.29, 0.717) is 24.7 Å². The molecule has 0 aromatic heterocycles. The molecule has 0 bridgehead atoms. The van der Waals surface area contributed by atoms with Gasteiger partial charge in [-0.1, -0.05) is 36.4 Å². The Morgan fingerprint density at radius 2 is 1.97 bits per heavy atom. The summed E-state index contributed by atoms with van der Waals surface area (Å²) in [5, 5.41) is 0. The maximum Gasteiger partial charge on any atom is 0.330 e. The van der Waals surface area contributed by atoms with Gasteiger partial charge in [-0.25, -0.2) is 4.79 Å². The zero-order valence-corrected chi connectivity index (χ0v) is 17.7. The zero-order valence-electron chi connectivity index (χ0n) is 17.7. The second-order valence-corrected chi connectivity index (χ2v) is 7.53. The van der Waals surface area contributed by atoms with Crippen LogP contribution in [0, 0.1) is 0 Å². The lowest BCUT2D eigenvalue weighted by atomic mass is 10.0. The minimum Gasteiger partial charge on any atom is -0.480 e. The second-order valence-electron chi connectivity index (χ2n) is 7.53. The highest BCUT2D eigenvalue weighted by Crippen LogP contribution is 2.40. The van der Waals surface area contributed by atoms with Gasteiger partial charge in [0, 0.05) is 12.7 Å². The Bertz CT molecular complexity index is 888. The highest BCUT2D eigenvalue weighted by atomic mass is 16.7. The second kappa shape index (κ2) is 10.5. The third-order valence-corrected chi connectivity index (χ3v) is 5.25. The Balaban J connectivity index is 1.52. The van der Waals surface area contributed by atoms with Gasteiger partial charge in [-0.15, -0.1) is 0 Å². The van der Waals surface area contributed by atoms with Crippen molar-refractivity contribution in [1.29, 1.82) is 0 Å². The molecule has 0 amide bonds. The summed E-state index contributed by atoms with van der Waals surface area (Å²) in [6.45, 7) is 3.21. The normalized spacial score (nSPS) is 22.9. The van der Waals surface area contributed by atoms with Crippen molar-refractivity contribution in [2.75, 3.05) is 19.8 Å². The van der Waals surface area contributed by atoms with Crippen LogP contribution in [0.3, 0.4) is 0 Å². The summed E-state index contributed by atoms with van der Waals surface area (Å²) >= 11 is 0. The number of rotatable bonds is 7. The van der Waals surface area contributed by atoms with Gasteiger partial charge in [0.15, 0.2) is 30.0 Å². The molecule has 0 spiro atoms. The first-order chi connectivity index (χ1) is 15.2. The zero-order chi connectivity index (χ0) is 21.5. The van der Waals surface area contributed by atoms with E-state index >= 15 is 0 Å². The molecule has 2 aromatic carbocycles. The Labute approximate surface area is 182 Å². The largest absolute Gasteiger partial charge is 0.480 e. The number of esters is 1. The molecule has 0 radical (unpaired) electrons. The molecular weight excluding hydrogens is 396 g/mol. The highest BCUT2D eigenvalue weighted by Gasteiger charge is 2.34. The van der Waals surface area contributed by atoms with Gasteiger partial charge < -0.3 is 23.7 Å². The van der Waals surface area contributed by atoms with E-state index in [1.807, 2.05) is 48.5 Å². The Morgan fingerprint density at radius 3 is 2.74 bits per heavy atom. The molecular formula is C25H28O6. The van der Waals surface area contributed by atoms with E-state index in [4.69, 9.17) is 23.7 Å². The molecule has 2 aliphatic heterocycles. The van der Waals surface area contributed by atoms with Crippen LogP contribution in [0.15, 0.2) is 54.6 Å². The molecule has 6 nitrogen and oxygen atoms in total. The van der Waals surface area contributed by atoms with Crippen LogP contribution in [0.1, 0.15) is 43.4 Å². The lowest BCUT2D eigenvalue weighted by molar-refractivity contribution is -0.181. The topological polar surface area (TPSA) is 63.2 Å². The molecule has 2 heterocycles. The molecule has 1 saturated heterocycles. The van der Waals surface area contributed by atoms with Crippen LogP contribution in [0.4, 0.5) is 0 Å². The molecule has 2 aliphatic rings. The van der Waals surface area contributed by atoms with E-state index in [2.05, 4.69) is 0 Å². The average molecular weight is 424 g/mol. The lowest BCUT2D eigenvalue weighted by Crippen LogP contribution is -2.38. The van der Waals surface area contributed by atoms with Crippen molar-refractivity contribution in [3.05, 3.63) is 65.7 Å². The first-order valence-electron chi connectivity index (χ1n) is 10.8. The van der Waals surface area contributed by atoms with E-state index in [9.17, 15) is 4.79 Å². The Hall–Kier alpha value is -2.83. The van der Waals surface area contributed by atoms with Crippen LogP contribution in [0.25, 0.3) is 6.08 Å². The summed E-state index contributed by atoms with van der Waals surface area (Å²) in [6.07, 6.45) is 5.36. The first-order valence-corrected chi connectivity index (χ1v) is 10.8. The lowest BCUT2D eigenvalue weighted by Gasteiger charge is -2.35. The summed E-state index contributed by atoms with van der Waals surface area (Å²) in [5.41, 5.74) is 1.85. The van der Waals surface area contributed by atoms with Crippen molar-refractivity contribution >= 4 is 12.0 Å². The third kappa shape index (κ3) is 5.66. The van der Waals surface area contributed by atoms with E-state index in [1.165, 1.54) is 6.08 Å². The maximum atomic E-state index is 11.6. The van der Waals surface area contributed by atoms with Gasteiger partial charge >= 0.3 is 5.97 Å². The van der Waals surface area contributed by atoms with E-state index in [0.717, 1.165) is 37.0 Å². The van der Waals surface area contributed by atoms with Crippen LogP contribution >= 0.6 is 0 Å². The van der Waals surface area contributed by atoms with E-state index < -0.39 is 0 Å². The monoisotopic (exact) mass is 424 g/mol. The van der Waals surface area contributed by atoms with Crippen molar-refractivity contribution in [2.24, 2.45) is 0 Å². The van der Waals surface area contributed by atoms with Crippen LogP contribution in [0.5, 0.6) is 11.5 Å². The summed E-state index contributed by atoms with van der Waals surface area (Å²) in [5.74, 6) is 0.906. The van der Waals surface area contributed by atoms with Gasteiger partial charge in [0.2, 0.25) is 0 Å². The molecule has 1 unspecified atom stereocenters. The van der Waals surface area contributed by atoms with Crippen LogP contribution in [-0.4, -0.2) is 38.2 Å². The molecule has 0 saturated carbocycles. The van der Waals surface area contributed by atoms with Crippen LogP contribution in [-0.2, 0) is 19.0 Å². The fourth-order valence-electron chi connectivity index (χ4n) is 3.70. The van der Waals surface area contributed by atoms with Gasteiger partial charge in [-0.2, -0.15) is 0 Å². The summed E-state index contributed by atoms with van der Waals surface area (Å²) in [7, 11) is 0. The van der Waals surface area contributed by atoms with E-state index in [-0.39, 0.29) is 24.5 Å². The molecule has 0 N–H and O–H groups in total. The number of hydrogen-bond donors (Lipinski definition) is 0. The summed E-state index contributed by atoms with van der Waals surface area (Å²) in [6, 6.07) is 15.6. The molecule has 2 aromatic rings. The molecule has 4 rings (SSSR count). The van der Waals surface area contributed by atoms with E-state index in [1.54, 1.807) is 13.0 Å². The number of hydrogen-bond acceptors (Lipinski definition) is 6. The van der Waals surface area contributed by atoms with Crippen molar-refractivity contribution in [1.82, 2.24) is 0 Å². The minimum atomic E-state index is -0.375. The Morgan fingerprint density at radius 1 is 1.10 bits per heavy atom. The van der Waals surface area contributed by atoms with Crippen LogP contribution in [0.2, 0.25) is 0 Å². The highest BCUT2D eigenvalue weighted by molar-refractivity contribution is 5.87. The number of benzene rings is 2. The molecule has 1 fully saturated rings. The minimum absolute atomic E-state index is 0.200. The van der Waals surface area contributed by atoms with Crippen molar-refractivity contribution in [3.8, 4) is 11.5 Å². The fraction of sp³-hybridized carbons (Fsp3) is 0.400. The van der Waals surface area contributed by atoms with Gasteiger partial charge in [0.1, 0.15) is 0 Å². The van der Waals surface area contributed by atoms with Gasteiger partial charge in [-0.3, -0.25) is 0 Å². The predicted molar refractivity (Wildman–Crippen MR) is 116 cm³/mol. The molecule has 164 valence electrons. The average Bonchev–Trinajstić information content (AvgIpc) is 2.82. The molecule has 31 heavy (non-hydrogen) atoms. The molecule has 0 aliphatic carbocycles. The molecule has 6 heteroatoms. The SMILES string of the molecule is CCOC(=O)/C=C/c1ccc2c(c1)O[C@@H](COC1CCCCO1)[C@H](c1ccccc1)O2. The quantitative estimate of drug-likeness (QED) is 0.475.